The smallest absolute Gasteiger partial charge is 0.267 e. The number of hydrogen-bond donors (Lipinski definition) is 1. The highest BCUT2D eigenvalue weighted by Crippen LogP contribution is 2.39. The van der Waals surface area contributed by atoms with E-state index in [9.17, 15) is 10.1 Å². The van der Waals surface area contributed by atoms with Gasteiger partial charge in [-0.3, -0.25) is 4.79 Å². The number of halogens is 1. The fourth-order valence-electron chi connectivity index (χ4n) is 4.15. The van der Waals surface area contributed by atoms with Crippen LogP contribution in [-0.4, -0.2) is 5.91 Å². The van der Waals surface area contributed by atoms with E-state index in [1.54, 1.807) is 11.3 Å². The van der Waals surface area contributed by atoms with E-state index in [-0.39, 0.29) is 5.91 Å². The minimum atomic E-state index is -0.227. The maximum atomic E-state index is 13.0. The van der Waals surface area contributed by atoms with Crippen LogP contribution in [-0.2, 0) is 12.8 Å². The van der Waals surface area contributed by atoms with Gasteiger partial charge >= 0.3 is 0 Å². The summed E-state index contributed by atoms with van der Waals surface area (Å²) < 4.78 is 0.992. The number of aryl methyl sites for hydroxylation is 1. The molecule has 1 aliphatic carbocycles. The van der Waals surface area contributed by atoms with Gasteiger partial charge in [-0.2, -0.15) is 5.26 Å². The topological polar surface area (TPSA) is 52.9 Å². The molecular formula is C24H25ClN2OS2. The molecule has 6 heteroatoms. The lowest BCUT2D eigenvalue weighted by atomic mass is 9.98. The number of nitrogens with zero attached hydrogens (tertiary/aromatic N) is 1. The predicted octanol–water partition coefficient (Wildman–Crippen LogP) is 7.96. The summed E-state index contributed by atoms with van der Waals surface area (Å²) in [7, 11) is 0. The summed E-state index contributed by atoms with van der Waals surface area (Å²) in [4.78, 5) is 14.8. The van der Waals surface area contributed by atoms with Crippen molar-refractivity contribution in [2.24, 2.45) is 0 Å². The van der Waals surface area contributed by atoms with Crippen molar-refractivity contribution in [3.63, 3.8) is 0 Å². The number of carbonyl (C=O) groups excluding carboxylic acids is 1. The molecule has 0 unspecified atom stereocenters. The minimum Gasteiger partial charge on any atom is -0.312 e. The van der Waals surface area contributed by atoms with Crippen LogP contribution in [0.25, 0.3) is 10.1 Å². The van der Waals surface area contributed by atoms with Gasteiger partial charge in [-0.05, 0) is 37.3 Å². The fraction of sp³-hybridized carbons (Fsp3) is 0.417. The summed E-state index contributed by atoms with van der Waals surface area (Å²) in [5.74, 6) is -0.227. The van der Waals surface area contributed by atoms with Gasteiger partial charge in [-0.25, -0.2) is 0 Å². The molecule has 0 fully saturated rings. The number of nitrogens with one attached hydrogen (secondary N) is 1. The Labute approximate surface area is 190 Å². The second-order valence-electron chi connectivity index (χ2n) is 7.84. The normalized spacial score (nSPS) is 15.6. The van der Waals surface area contributed by atoms with E-state index in [1.165, 1.54) is 54.7 Å². The molecule has 1 aromatic carbocycles. The Hall–Kier alpha value is -1.87. The average molecular weight is 457 g/mol. The van der Waals surface area contributed by atoms with E-state index in [1.807, 2.05) is 24.3 Å². The standard InChI is InChI=1S/C24H25ClN2OS2/c25-21-17-12-9-10-14-20(17)29-22(21)23(28)27-24-18(15-26)16-11-7-5-3-1-2-4-6-8-13-19(16)30-24/h9-10,12,14H,1-8,11,13H2,(H,27,28). The van der Waals surface area contributed by atoms with Crippen molar-refractivity contribution in [1.82, 2.24) is 0 Å². The van der Waals surface area contributed by atoms with Gasteiger partial charge in [0.15, 0.2) is 0 Å². The molecule has 0 saturated heterocycles. The van der Waals surface area contributed by atoms with Gasteiger partial charge < -0.3 is 5.32 Å². The SMILES string of the molecule is N#Cc1c(NC(=O)c2sc3ccccc3c2Cl)sc2c1CCCCCCCCCC2. The number of amides is 1. The first kappa shape index (κ1) is 21.4. The number of nitriles is 1. The van der Waals surface area contributed by atoms with Crippen molar-refractivity contribution in [1.29, 1.82) is 5.26 Å². The molecule has 3 aromatic rings. The maximum absolute atomic E-state index is 13.0. The van der Waals surface area contributed by atoms with E-state index < -0.39 is 0 Å². The van der Waals surface area contributed by atoms with Crippen molar-refractivity contribution in [3.05, 3.63) is 50.2 Å². The van der Waals surface area contributed by atoms with Crippen LogP contribution in [0.1, 0.15) is 77.0 Å². The van der Waals surface area contributed by atoms with Gasteiger partial charge in [-0.1, -0.05) is 68.3 Å². The summed E-state index contributed by atoms with van der Waals surface area (Å²) >= 11 is 9.47. The summed E-state index contributed by atoms with van der Waals surface area (Å²) in [6.07, 6.45) is 11.8. The van der Waals surface area contributed by atoms with Crippen LogP contribution in [0.5, 0.6) is 0 Å². The number of carbonyl (C=O) groups is 1. The molecule has 156 valence electrons. The number of rotatable bonds is 2. The Balaban J connectivity index is 1.61. The van der Waals surface area contributed by atoms with E-state index in [0.717, 1.165) is 41.3 Å². The molecule has 30 heavy (non-hydrogen) atoms. The zero-order valence-corrected chi connectivity index (χ0v) is 19.3. The molecule has 1 amide bonds. The third kappa shape index (κ3) is 4.56. The predicted molar refractivity (Wildman–Crippen MR) is 128 cm³/mol. The first-order chi connectivity index (χ1) is 14.7. The third-order valence-electron chi connectivity index (χ3n) is 5.75. The number of anilines is 1. The Morgan fingerprint density at radius 1 is 0.967 bits per heavy atom. The number of benzene rings is 1. The van der Waals surface area contributed by atoms with E-state index in [2.05, 4.69) is 11.4 Å². The fourth-order valence-corrected chi connectivity index (χ4v) is 6.80. The Kier molecular flexibility index (Phi) is 7.09. The van der Waals surface area contributed by atoms with Gasteiger partial charge in [0.05, 0.1) is 10.6 Å². The first-order valence-electron chi connectivity index (χ1n) is 10.7. The molecule has 1 aliphatic rings. The highest BCUT2D eigenvalue weighted by Gasteiger charge is 2.22. The lowest BCUT2D eigenvalue weighted by Crippen LogP contribution is -2.10. The maximum Gasteiger partial charge on any atom is 0.267 e. The largest absolute Gasteiger partial charge is 0.312 e. The molecule has 0 aliphatic heterocycles. The third-order valence-corrected chi connectivity index (χ3v) is 8.63. The lowest BCUT2D eigenvalue weighted by molar-refractivity contribution is 0.103. The number of fused-ring (bicyclic) bond motifs is 2. The molecule has 1 N–H and O–H groups in total. The van der Waals surface area contributed by atoms with Crippen LogP contribution < -0.4 is 5.32 Å². The minimum absolute atomic E-state index is 0.227. The summed E-state index contributed by atoms with van der Waals surface area (Å²) in [5, 5.41) is 15.0. The highest BCUT2D eigenvalue weighted by molar-refractivity contribution is 7.22. The van der Waals surface area contributed by atoms with Crippen LogP contribution in [0.2, 0.25) is 5.02 Å². The van der Waals surface area contributed by atoms with Gasteiger partial charge in [0.2, 0.25) is 0 Å². The van der Waals surface area contributed by atoms with Crippen molar-refractivity contribution >= 4 is 55.3 Å². The summed E-state index contributed by atoms with van der Waals surface area (Å²) in [6.45, 7) is 0. The summed E-state index contributed by atoms with van der Waals surface area (Å²) in [5.41, 5.74) is 1.80. The molecule has 0 spiro atoms. The Bertz CT molecular complexity index is 1090. The second-order valence-corrected chi connectivity index (χ2v) is 10.4. The van der Waals surface area contributed by atoms with Gasteiger partial charge in [0.25, 0.3) is 5.91 Å². The lowest BCUT2D eigenvalue weighted by Gasteiger charge is -2.08. The van der Waals surface area contributed by atoms with Crippen LogP contribution in [0.3, 0.4) is 0 Å². The first-order valence-corrected chi connectivity index (χ1v) is 12.7. The molecule has 4 rings (SSSR count). The molecule has 0 atom stereocenters. The molecule has 0 saturated carbocycles. The summed E-state index contributed by atoms with van der Waals surface area (Å²) in [6, 6.07) is 10.1. The quantitative estimate of drug-likeness (QED) is 0.425. The van der Waals surface area contributed by atoms with Crippen molar-refractivity contribution in [2.45, 2.75) is 64.2 Å². The molecule has 0 bridgehead atoms. The van der Waals surface area contributed by atoms with Crippen LogP contribution in [0, 0.1) is 11.3 Å². The molecular weight excluding hydrogens is 432 g/mol. The number of hydrogen-bond acceptors (Lipinski definition) is 4. The Morgan fingerprint density at radius 2 is 1.63 bits per heavy atom. The van der Waals surface area contributed by atoms with Crippen molar-refractivity contribution in [2.75, 3.05) is 5.32 Å². The monoisotopic (exact) mass is 456 g/mol. The zero-order chi connectivity index (χ0) is 20.9. The van der Waals surface area contributed by atoms with Crippen LogP contribution >= 0.6 is 34.3 Å². The molecule has 0 radical (unpaired) electrons. The average Bonchev–Trinajstić information content (AvgIpc) is 3.25. The van der Waals surface area contributed by atoms with E-state index in [4.69, 9.17) is 11.6 Å². The molecule has 2 heterocycles. The molecule has 3 nitrogen and oxygen atoms in total. The van der Waals surface area contributed by atoms with E-state index >= 15 is 0 Å². The van der Waals surface area contributed by atoms with Crippen molar-refractivity contribution in [3.8, 4) is 6.07 Å². The Morgan fingerprint density at radius 3 is 2.33 bits per heavy atom. The van der Waals surface area contributed by atoms with Gasteiger partial charge in [0, 0.05) is 15.0 Å². The van der Waals surface area contributed by atoms with Crippen LogP contribution in [0.4, 0.5) is 5.00 Å². The van der Waals surface area contributed by atoms with Crippen molar-refractivity contribution < 1.29 is 4.79 Å². The van der Waals surface area contributed by atoms with E-state index in [0.29, 0.717) is 20.5 Å². The van der Waals surface area contributed by atoms with Gasteiger partial charge in [0.1, 0.15) is 15.9 Å². The second kappa shape index (κ2) is 9.96. The van der Waals surface area contributed by atoms with Gasteiger partial charge in [-0.15, -0.1) is 22.7 Å². The number of thiophene rings is 2. The zero-order valence-electron chi connectivity index (χ0n) is 16.9. The molecule has 2 aromatic heterocycles. The van der Waals surface area contributed by atoms with Crippen LogP contribution in [0.15, 0.2) is 24.3 Å². The highest BCUT2D eigenvalue weighted by atomic mass is 35.5.